The largest absolute Gasteiger partial charge is 0.394 e. The van der Waals surface area contributed by atoms with Crippen molar-refractivity contribution >= 4 is 51.8 Å². The van der Waals surface area contributed by atoms with Gasteiger partial charge in [-0.2, -0.15) is 0 Å². The van der Waals surface area contributed by atoms with E-state index < -0.39 is 48.9 Å². The molecule has 3 rings (SSSR count). The molecular formula is C38H59ClN10O7. The Morgan fingerprint density at radius 1 is 0.857 bits per heavy atom. The number of fused-ring (bicyclic) bond motifs is 1. The number of amides is 2. The summed E-state index contributed by atoms with van der Waals surface area (Å²) in [5.74, 6) is -1.55. The minimum atomic E-state index is -1.69. The molecule has 5 atom stereocenters. The van der Waals surface area contributed by atoms with Crippen LogP contribution in [0, 0.1) is 0 Å². The molecule has 0 spiro atoms. The number of nitrogen functional groups attached to an aromatic ring is 2. The van der Waals surface area contributed by atoms with E-state index in [0.29, 0.717) is 45.4 Å². The number of carbonyl (C=O) groups is 2. The highest BCUT2D eigenvalue weighted by Crippen LogP contribution is 2.25. The number of nitrogens with two attached hydrogens (primary N) is 4. The van der Waals surface area contributed by atoms with Crippen LogP contribution >= 0.6 is 11.6 Å². The Labute approximate surface area is 332 Å². The van der Waals surface area contributed by atoms with Crippen molar-refractivity contribution < 1.29 is 35.1 Å². The van der Waals surface area contributed by atoms with E-state index in [2.05, 4.69) is 44.7 Å². The van der Waals surface area contributed by atoms with Crippen LogP contribution in [0.2, 0.25) is 5.15 Å². The van der Waals surface area contributed by atoms with Crippen molar-refractivity contribution in [3.8, 4) is 0 Å². The zero-order valence-electron chi connectivity index (χ0n) is 32.0. The second kappa shape index (κ2) is 23.8. The number of carbonyl (C=O) groups excluding carboxylic acids is 2. The van der Waals surface area contributed by atoms with Crippen molar-refractivity contribution in [3.05, 3.63) is 58.4 Å². The van der Waals surface area contributed by atoms with Crippen molar-refractivity contribution in [1.29, 1.82) is 0 Å². The summed E-state index contributed by atoms with van der Waals surface area (Å²) >= 11 is 5.85. The summed E-state index contributed by atoms with van der Waals surface area (Å²) in [6, 6.07) is 11.4. The maximum Gasteiger partial charge on any atom is 0.280 e. The lowest BCUT2D eigenvalue weighted by molar-refractivity contribution is -0.120. The molecule has 3 aromatic rings. The quantitative estimate of drug-likeness (QED) is 0.0310. The average molecular weight is 803 g/mol. The molecule has 56 heavy (non-hydrogen) atoms. The third kappa shape index (κ3) is 14.4. The molecule has 15 N–H and O–H groups in total. The summed E-state index contributed by atoms with van der Waals surface area (Å²) in [5, 5.41) is 57.5. The van der Waals surface area contributed by atoms with Crippen LogP contribution < -0.4 is 33.6 Å². The van der Waals surface area contributed by atoms with Gasteiger partial charge in [-0.25, -0.2) is 9.97 Å². The van der Waals surface area contributed by atoms with Gasteiger partial charge in [0.05, 0.1) is 18.8 Å². The first-order valence-electron chi connectivity index (χ1n) is 19.0. The Kier molecular flexibility index (Phi) is 19.6. The van der Waals surface area contributed by atoms with Gasteiger partial charge in [-0.1, -0.05) is 74.2 Å². The lowest BCUT2D eigenvalue weighted by atomic mass is 9.93. The zero-order valence-corrected chi connectivity index (χ0v) is 32.7. The lowest BCUT2D eigenvalue weighted by Gasteiger charge is -2.30. The fourth-order valence-corrected chi connectivity index (χ4v) is 6.46. The third-order valence-corrected chi connectivity index (χ3v) is 9.79. The highest BCUT2D eigenvalue weighted by atomic mass is 35.5. The Morgan fingerprint density at radius 3 is 2.20 bits per heavy atom. The summed E-state index contributed by atoms with van der Waals surface area (Å²) in [6.45, 7) is 3.47. The molecule has 0 bridgehead atoms. The van der Waals surface area contributed by atoms with Crippen LogP contribution in [-0.4, -0.2) is 128 Å². The number of hydrogen-bond donors (Lipinski definition) is 11. The predicted octanol–water partition coefficient (Wildman–Crippen LogP) is 0.209. The first kappa shape index (κ1) is 46.2. The molecule has 310 valence electrons. The minimum Gasteiger partial charge on any atom is -0.394 e. The number of primary amides is 1. The van der Waals surface area contributed by atoms with Gasteiger partial charge in [-0.05, 0) is 80.1 Å². The van der Waals surface area contributed by atoms with Crippen LogP contribution in [0.25, 0.3) is 10.8 Å². The normalized spacial score (nSPS) is 14.8. The molecule has 1 heterocycles. The standard InChI is InChI=1S/C38H59ClN10O7/c1-2-3-4-9-18-49(21-28(51)31(53)32(54)29(52)22-50)19-10-17-44-27(36(42)55)20-24-15-14-23(25-12-5-6-13-26(24)25)11-7-8-16-45-38(43)48-37(56)30-34(40)47-35(41)33(39)46-30/h5-6,12-15,27-29,31-32,44,50-54H,2-4,7-11,16-22H2,1H3,(H2,42,55)(H4,40,41,47)(H3,43,45,48,56)/t27-,28-,29+,31+,32+/m0/s1. The predicted molar refractivity (Wildman–Crippen MR) is 218 cm³/mol. The number of nitrogens with zero attached hydrogens (tertiary/aromatic N) is 4. The van der Waals surface area contributed by atoms with Gasteiger partial charge in [-0.15, -0.1) is 0 Å². The summed E-state index contributed by atoms with van der Waals surface area (Å²) < 4.78 is 0. The van der Waals surface area contributed by atoms with Gasteiger partial charge in [0, 0.05) is 13.1 Å². The van der Waals surface area contributed by atoms with Gasteiger partial charge in [0.15, 0.2) is 28.4 Å². The molecule has 18 heteroatoms. The molecule has 2 aromatic carbocycles. The van der Waals surface area contributed by atoms with Crippen LogP contribution in [0.5, 0.6) is 0 Å². The van der Waals surface area contributed by atoms with Gasteiger partial charge in [0.1, 0.15) is 18.3 Å². The number of aromatic nitrogens is 2. The Balaban J connectivity index is 1.55. The van der Waals surface area contributed by atoms with E-state index >= 15 is 0 Å². The van der Waals surface area contributed by atoms with Crippen molar-refractivity contribution in [2.24, 2.45) is 16.5 Å². The lowest BCUT2D eigenvalue weighted by Crippen LogP contribution is -2.50. The van der Waals surface area contributed by atoms with Crippen LogP contribution in [0.1, 0.15) is 73.5 Å². The third-order valence-electron chi connectivity index (χ3n) is 9.51. The van der Waals surface area contributed by atoms with Gasteiger partial charge in [-0.3, -0.25) is 19.9 Å². The molecule has 0 aliphatic carbocycles. The SMILES string of the molecule is CCCCCCN(CCCN[C@@H](Cc1ccc(CCCCN=C(N)NC(=O)c2nc(Cl)c(N)nc2N)c2ccccc12)C(N)=O)C[C@H](O)[C@@H](O)[C@H](O)[C@H](O)CO. The summed E-state index contributed by atoms with van der Waals surface area (Å²) in [5.41, 5.74) is 24.9. The molecule has 0 radical (unpaired) electrons. The number of nitrogens with one attached hydrogen (secondary N) is 2. The van der Waals surface area contributed by atoms with Crippen LogP contribution in [-0.2, 0) is 17.6 Å². The number of unbranched alkanes of at least 4 members (excludes halogenated alkanes) is 4. The van der Waals surface area contributed by atoms with Crippen molar-refractivity contribution in [2.45, 2.75) is 95.2 Å². The monoisotopic (exact) mass is 802 g/mol. The van der Waals surface area contributed by atoms with Gasteiger partial charge in [0.2, 0.25) is 5.91 Å². The Hall–Kier alpha value is -4.20. The minimum absolute atomic E-state index is 0.0624. The first-order valence-corrected chi connectivity index (χ1v) is 19.4. The van der Waals surface area contributed by atoms with Gasteiger partial charge >= 0.3 is 0 Å². The van der Waals surface area contributed by atoms with E-state index in [1.54, 1.807) is 0 Å². The van der Waals surface area contributed by atoms with Crippen molar-refractivity contribution in [3.63, 3.8) is 0 Å². The molecule has 0 saturated carbocycles. The molecule has 1 aromatic heterocycles. The van der Waals surface area contributed by atoms with E-state index in [4.69, 9.17) is 39.6 Å². The van der Waals surface area contributed by atoms with E-state index in [1.807, 2.05) is 29.2 Å². The van der Waals surface area contributed by atoms with Gasteiger partial charge in [0.25, 0.3) is 5.91 Å². The zero-order chi connectivity index (χ0) is 41.2. The molecule has 0 aliphatic heterocycles. The maximum atomic E-state index is 12.6. The molecule has 0 saturated heterocycles. The summed E-state index contributed by atoms with van der Waals surface area (Å²) in [6.07, 6.45) is 1.05. The fraction of sp³-hybridized carbons (Fsp3) is 0.553. The number of aryl methyl sites for hydroxylation is 1. The Morgan fingerprint density at radius 2 is 1.52 bits per heavy atom. The molecule has 0 fully saturated rings. The number of aliphatic hydroxyl groups excluding tert-OH is 5. The van der Waals surface area contributed by atoms with Crippen LogP contribution in [0.4, 0.5) is 11.6 Å². The topological polar surface area (TPSA) is 305 Å². The van der Waals surface area contributed by atoms with Crippen molar-refractivity contribution in [1.82, 2.24) is 25.5 Å². The van der Waals surface area contributed by atoms with Crippen LogP contribution in [0.3, 0.4) is 0 Å². The number of halogens is 1. The number of aliphatic hydroxyl groups is 5. The average Bonchev–Trinajstić information content (AvgIpc) is 3.17. The molecule has 0 unspecified atom stereocenters. The van der Waals surface area contributed by atoms with E-state index in [1.165, 1.54) is 0 Å². The fourth-order valence-electron chi connectivity index (χ4n) is 6.33. The number of hydrogen-bond acceptors (Lipinski definition) is 14. The maximum absolute atomic E-state index is 12.6. The summed E-state index contributed by atoms with van der Waals surface area (Å²) in [7, 11) is 0. The second-order valence-corrected chi connectivity index (χ2v) is 14.2. The highest BCUT2D eigenvalue weighted by molar-refractivity contribution is 6.31. The first-order chi connectivity index (χ1) is 26.8. The number of benzene rings is 2. The van der Waals surface area contributed by atoms with E-state index in [9.17, 15) is 30.0 Å². The van der Waals surface area contributed by atoms with Gasteiger partial charge < -0.3 is 58.7 Å². The van der Waals surface area contributed by atoms with Crippen molar-refractivity contribution in [2.75, 3.05) is 50.8 Å². The number of rotatable bonds is 25. The number of anilines is 2. The smallest absolute Gasteiger partial charge is 0.280 e. The number of aliphatic imine (C=N–C) groups is 1. The van der Waals surface area contributed by atoms with E-state index in [0.717, 1.165) is 60.4 Å². The second-order valence-electron chi connectivity index (χ2n) is 13.9. The molecule has 2 amide bonds. The number of guanidine groups is 1. The van der Waals surface area contributed by atoms with E-state index in [-0.39, 0.29) is 35.0 Å². The summed E-state index contributed by atoms with van der Waals surface area (Å²) in [4.78, 5) is 38.9. The highest BCUT2D eigenvalue weighted by Gasteiger charge is 2.31. The molecular weight excluding hydrogens is 744 g/mol. The Bertz CT molecular complexity index is 1740. The molecule has 17 nitrogen and oxygen atoms in total. The van der Waals surface area contributed by atoms with Crippen LogP contribution in [0.15, 0.2) is 41.4 Å². The molecule has 0 aliphatic rings.